The summed E-state index contributed by atoms with van der Waals surface area (Å²) in [6.45, 7) is 5.19. The SMILES string of the molecule is CC1=C(C)N(CCOc2ccccc2)C(C(N)=O)S1. The van der Waals surface area contributed by atoms with E-state index in [1.165, 1.54) is 11.8 Å². The van der Waals surface area contributed by atoms with Gasteiger partial charge < -0.3 is 15.4 Å². The van der Waals surface area contributed by atoms with E-state index in [-0.39, 0.29) is 11.3 Å². The van der Waals surface area contributed by atoms with Gasteiger partial charge >= 0.3 is 0 Å². The molecular formula is C14H18N2O2S. The number of amides is 1. The second-order valence-corrected chi connectivity index (χ2v) is 5.66. The van der Waals surface area contributed by atoms with Gasteiger partial charge in [0.2, 0.25) is 0 Å². The average Bonchev–Trinajstić information content (AvgIpc) is 2.68. The van der Waals surface area contributed by atoms with Gasteiger partial charge in [0.25, 0.3) is 5.91 Å². The van der Waals surface area contributed by atoms with E-state index in [0.717, 1.165) is 16.4 Å². The summed E-state index contributed by atoms with van der Waals surface area (Å²) >= 11 is 1.51. The Kier molecular flexibility index (Phi) is 4.37. The monoisotopic (exact) mass is 278 g/mol. The standard InChI is InChI=1S/C14H18N2O2S/c1-10-11(2)19-14(13(15)17)16(10)8-9-18-12-6-4-3-5-7-12/h3-7,14H,8-9H2,1-2H3,(H2,15,17). The summed E-state index contributed by atoms with van der Waals surface area (Å²) in [4.78, 5) is 14.6. The number of thioether (sulfide) groups is 1. The van der Waals surface area contributed by atoms with Crippen LogP contribution < -0.4 is 10.5 Å². The van der Waals surface area contributed by atoms with Crippen molar-refractivity contribution < 1.29 is 9.53 Å². The fraction of sp³-hybridized carbons (Fsp3) is 0.357. The zero-order chi connectivity index (χ0) is 13.8. The van der Waals surface area contributed by atoms with E-state index >= 15 is 0 Å². The lowest BCUT2D eigenvalue weighted by atomic mass is 10.3. The maximum absolute atomic E-state index is 11.4. The lowest BCUT2D eigenvalue weighted by molar-refractivity contribution is -0.119. The van der Waals surface area contributed by atoms with Crippen molar-refractivity contribution >= 4 is 17.7 Å². The Balaban J connectivity index is 1.92. The molecule has 102 valence electrons. The van der Waals surface area contributed by atoms with Crippen LogP contribution in [-0.2, 0) is 4.79 Å². The number of para-hydroxylation sites is 1. The number of carbonyl (C=O) groups is 1. The van der Waals surface area contributed by atoms with Crippen LogP contribution in [0.25, 0.3) is 0 Å². The Hall–Kier alpha value is -1.62. The minimum atomic E-state index is -0.306. The van der Waals surface area contributed by atoms with Crippen molar-refractivity contribution in [3.63, 3.8) is 0 Å². The van der Waals surface area contributed by atoms with Gasteiger partial charge in [0.15, 0.2) is 5.37 Å². The number of primary amides is 1. The first-order chi connectivity index (χ1) is 9.09. The summed E-state index contributed by atoms with van der Waals surface area (Å²) in [5, 5.41) is -0.306. The van der Waals surface area contributed by atoms with Gasteiger partial charge in [-0.05, 0) is 26.0 Å². The highest BCUT2D eigenvalue weighted by Gasteiger charge is 2.32. The quantitative estimate of drug-likeness (QED) is 0.897. The van der Waals surface area contributed by atoms with Gasteiger partial charge in [-0.3, -0.25) is 4.79 Å². The predicted molar refractivity (Wildman–Crippen MR) is 77.6 cm³/mol. The number of nitrogens with zero attached hydrogens (tertiary/aromatic N) is 1. The molecule has 1 aliphatic heterocycles. The Morgan fingerprint density at radius 2 is 2.05 bits per heavy atom. The molecule has 1 unspecified atom stereocenters. The third kappa shape index (κ3) is 3.23. The van der Waals surface area contributed by atoms with E-state index < -0.39 is 0 Å². The third-order valence-corrected chi connectivity index (χ3v) is 4.46. The van der Waals surface area contributed by atoms with Crippen molar-refractivity contribution in [2.45, 2.75) is 19.2 Å². The van der Waals surface area contributed by atoms with Crippen LogP contribution in [0.4, 0.5) is 0 Å². The summed E-state index contributed by atoms with van der Waals surface area (Å²) in [7, 11) is 0. The summed E-state index contributed by atoms with van der Waals surface area (Å²) < 4.78 is 5.65. The summed E-state index contributed by atoms with van der Waals surface area (Å²) in [6.07, 6.45) is 0. The highest BCUT2D eigenvalue weighted by molar-refractivity contribution is 8.04. The van der Waals surface area contributed by atoms with Gasteiger partial charge in [-0.1, -0.05) is 30.0 Å². The fourth-order valence-corrected chi connectivity index (χ4v) is 3.10. The zero-order valence-electron chi connectivity index (χ0n) is 11.1. The fourth-order valence-electron chi connectivity index (χ4n) is 1.97. The number of hydrogen-bond donors (Lipinski definition) is 1. The van der Waals surface area contributed by atoms with E-state index in [0.29, 0.717) is 13.2 Å². The van der Waals surface area contributed by atoms with Gasteiger partial charge in [-0.15, -0.1) is 0 Å². The average molecular weight is 278 g/mol. The van der Waals surface area contributed by atoms with Gasteiger partial charge in [0.05, 0.1) is 6.54 Å². The highest BCUT2D eigenvalue weighted by atomic mass is 32.2. The van der Waals surface area contributed by atoms with Crippen LogP contribution in [0.2, 0.25) is 0 Å². The lowest BCUT2D eigenvalue weighted by Gasteiger charge is -2.25. The number of benzene rings is 1. The molecule has 0 saturated carbocycles. The Morgan fingerprint density at radius 1 is 1.37 bits per heavy atom. The van der Waals surface area contributed by atoms with Gasteiger partial charge in [0.1, 0.15) is 12.4 Å². The number of nitrogens with two attached hydrogens (primary N) is 1. The lowest BCUT2D eigenvalue weighted by Crippen LogP contribution is -2.40. The molecule has 2 N–H and O–H groups in total. The Morgan fingerprint density at radius 3 is 2.68 bits per heavy atom. The molecular weight excluding hydrogens is 260 g/mol. The molecule has 4 nitrogen and oxygen atoms in total. The first kappa shape index (κ1) is 13.8. The van der Waals surface area contributed by atoms with Crippen LogP contribution in [-0.4, -0.2) is 29.3 Å². The van der Waals surface area contributed by atoms with Gasteiger partial charge in [0, 0.05) is 10.6 Å². The van der Waals surface area contributed by atoms with Crippen LogP contribution in [0.5, 0.6) is 5.75 Å². The molecule has 1 amide bonds. The Labute approximate surface area is 117 Å². The van der Waals surface area contributed by atoms with E-state index in [2.05, 4.69) is 0 Å². The second kappa shape index (κ2) is 6.02. The third-order valence-electron chi connectivity index (χ3n) is 3.10. The molecule has 1 heterocycles. The summed E-state index contributed by atoms with van der Waals surface area (Å²) in [5.41, 5.74) is 6.53. The summed E-state index contributed by atoms with van der Waals surface area (Å²) in [6, 6.07) is 9.64. The second-order valence-electron chi connectivity index (χ2n) is 4.37. The highest BCUT2D eigenvalue weighted by Crippen LogP contribution is 2.36. The maximum atomic E-state index is 11.4. The van der Waals surface area contributed by atoms with E-state index in [1.807, 2.05) is 49.1 Å². The molecule has 1 aliphatic rings. The van der Waals surface area contributed by atoms with E-state index in [9.17, 15) is 4.79 Å². The van der Waals surface area contributed by atoms with Crippen LogP contribution >= 0.6 is 11.8 Å². The van der Waals surface area contributed by atoms with Crippen molar-refractivity contribution in [2.24, 2.45) is 5.73 Å². The van der Waals surface area contributed by atoms with Crippen LogP contribution in [0.3, 0.4) is 0 Å². The number of rotatable bonds is 5. The normalized spacial score (nSPS) is 18.8. The first-order valence-corrected chi connectivity index (χ1v) is 7.05. The molecule has 2 rings (SSSR count). The molecule has 0 bridgehead atoms. The van der Waals surface area contributed by atoms with Crippen molar-refractivity contribution in [2.75, 3.05) is 13.2 Å². The van der Waals surface area contributed by atoms with Crippen LogP contribution in [0.15, 0.2) is 40.9 Å². The molecule has 0 aliphatic carbocycles. The zero-order valence-corrected chi connectivity index (χ0v) is 11.9. The number of allylic oxidation sites excluding steroid dienone is 2. The molecule has 1 aromatic carbocycles. The number of hydrogen-bond acceptors (Lipinski definition) is 4. The first-order valence-electron chi connectivity index (χ1n) is 6.17. The number of ether oxygens (including phenoxy) is 1. The smallest absolute Gasteiger partial charge is 0.250 e. The largest absolute Gasteiger partial charge is 0.492 e. The van der Waals surface area contributed by atoms with E-state index in [1.54, 1.807) is 0 Å². The minimum Gasteiger partial charge on any atom is -0.492 e. The van der Waals surface area contributed by atoms with Crippen molar-refractivity contribution in [3.05, 3.63) is 40.9 Å². The molecule has 1 atom stereocenters. The molecule has 0 saturated heterocycles. The molecule has 0 spiro atoms. The molecule has 0 fully saturated rings. The van der Waals surface area contributed by atoms with Crippen LogP contribution in [0, 0.1) is 0 Å². The predicted octanol–water partition coefficient (Wildman–Crippen LogP) is 2.18. The van der Waals surface area contributed by atoms with E-state index in [4.69, 9.17) is 10.5 Å². The minimum absolute atomic E-state index is 0.305. The maximum Gasteiger partial charge on any atom is 0.250 e. The van der Waals surface area contributed by atoms with Gasteiger partial charge in [-0.2, -0.15) is 0 Å². The van der Waals surface area contributed by atoms with Gasteiger partial charge in [-0.25, -0.2) is 0 Å². The molecule has 0 aromatic heterocycles. The summed E-state index contributed by atoms with van der Waals surface area (Å²) in [5.74, 6) is 0.532. The number of carbonyl (C=O) groups excluding carboxylic acids is 1. The van der Waals surface area contributed by atoms with Crippen molar-refractivity contribution in [1.29, 1.82) is 0 Å². The molecule has 5 heteroatoms. The molecule has 1 aromatic rings. The molecule has 0 radical (unpaired) electrons. The molecule has 19 heavy (non-hydrogen) atoms. The topological polar surface area (TPSA) is 55.6 Å². The Bertz CT molecular complexity index is 487. The van der Waals surface area contributed by atoms with Crippen LogP contribution in [0.1, 0.15) is 13.8 Å². The van der Waals surface area contributed by atoms with Crippen molar-refractivity contribution in [1.82, 2.24) is 4.90 Å². The van der Waals surface area contributed by atoms with Crippen molar-refractivity contribution in [3.8, 4) is 5.75 Å².